The van der Waals surface area contributed by atoms with Crippen LogP contribution in [-0.4, -0.2) is 57.4 Å². The molecule has 0 amide bonds. The van der Waals surface area contributed by atoms with Crippen LogP contribution in [0, 0.1) is 0 Å². The average molecular weight is 551 g/mol. The molecular weight excluding hydrogens is 512 g/mol. The number of rotatable bonds is 12. The molecule has 0 bridgehead atoms. The zero-order valence-corrected chi connectivity index (χ0v) is 24.2. The lowest BCUT2D eigenvalue weighted by Gasteiger charge is -2.34. The highest BCUT2D eigenvalue weighted by molar-refractivity contribution is 7.95. The molecule has 1 aromatic rings. The molecule has 0 spiro atoms. The van der Waals surface area contributed by atoms with Gasteiger partial charge in [0.25, 0.3) is 10.0 Å². The van der Waals surface area contributed by atoms with E-state index < -0.39 is 48.1 Å². The number of hydrogen-bond acceptors (Lipinski definition) is 9. The van der Waals surface area contributed by atoms with Gasteiger partial charge < -0.3 is 10.1 Å². The molecule has 9 nitrogen and oxygen atoms in total. The number of ether oxygens (including phenoxy) is 1. The van der Waals surface area contributed by atoms with Crippen molar-refractivity contribution >= 4 is 42.8 Å². The maximum atomic E-state index is 13.4. The van der Waals surface area contributed by atoms with Crippen LogP contribution in [0.4, 0.5) is 0 Å². The Bertz CT molecular complexity index is 1180. The summed E-state index contributed by atoms with van der Waals surface area (Å²) in [4.78, 5) is 25.4. The molecule has 0 aromatic carbocycles. The number of thiophene rings is 1. The van der Waals surface area contributed by atoms with Gasteiger partial charge in [-0.2, -0.15) is 4.72 Å². The summed E-state index contributed by atoms with van der Waals surface area (Å²) in [5, 5.41) is 2.59. The van der Waals surface area contributed by atoms with Crippen molar-refractivity contribution in [2.45, 2.75) is 112 Å². The highest BCUT2D eigenvalue weighted by Gasteiger charge is 2.44. The minimum atomic E-state index is -4.24. The molecule has 2 N–H and O–H groups in total. The molecule has 5 atom stereocenters. The van der Waals surface area contributed by atoms with Crippen molar-refractivity contribution in [3.63, 3.8) is 0 Å². The second-order valence-corrected chi connectivity index (χ2v) is 15.1. The van der Waals surface area contributed by atoms with Crippen LogP contribution >= 0.6 is 11.3 Å². The van der Waals surface area contributed by atoms with Gasteiger partial charge in [-0.1, -0.05) is 20.8 Å². The Morgan fingerprint density at radius 3 is 2.31 bits per heavy atom. The first-order valence-corrected chi connectivity index (χ1v) is 15.7. The van der Waals surface area contributed by atoms with Crippen LogP contribution < -0.4 is 10.0 Å². The average Bonchev–Trinajstić information content (AvgIpc) is 3.24. The highest BCUT2D eigenvalue weighted by Crippen LogP contribution is 2.43. The van der Waals surface area contributed by atoms with Crippen molar-refractivity contribution in [3.05, 3.63) is 11.6 Å². The Morgan fingerprint density at radius 1 is 1.23 bits per heavy atom. The van der Waals surface area contributed by atoms with Gasteiger partial charge in [0, 0.05) is 11.6 Å². The largest absolute Gasteiger partial charge is 0.357 e. The van der Waals surface area contributed by atoms with Crippen molar-refractivity contribution in [2.24, 2.45) is 0 Å². The van der Waals surface area contributed by atoms with E-state index in [4.69, 9.17) is 4.74 Å². The number of ketones is 2. The van der Waals surface area contributed by atoms with Gasteiger partial charge in [0.2, 0.25) is 0 Å². The third kappa shape index (κ3) is 5.88. The van der Waals surface area contributed by atoms with Crippen molar-refractivity contribution in [1.82, 2.24) is 10.0 Å². The van der Waals surface area contributed by atoms with Gasteiger partial charge in [0.05, 0.1) is 10.8 Å². The summed E-state index contributed by atoms with van der Waals surface area (Å²) in [7, 11) is -7.90. The van der Waals surface area contributed by atoms with Crippen LogP contribution in [0.25, 0.3) is 0 Å². The number of hydrogen-bond donors (Lipinski definition) is 2. The molecule has 0 radical (unpaired) electrons. The molecule has 0 saturated heterocycles. The molecular formula is C23H38N2O7S3. The lowest BCUT2D eigenvalue weighted by molar-refractivity contribution is -0.158. The van der Waals surface area contributed by atoms with Crippen LogP contribution in [-0.2, 0) is 34.2 Å². The van der Waals surface area contributed by atoms with E-state index in [2.05, 4.69) is 10.0 Å². The van der Waals surface area contributed by atoms with E-state index >= 15 is 0 Å². The van der Waals surface area contributed by atoms with Crippen molar-refractivity contribution in [2.75, 3.05) is 6.54 Å². The molecule has 0 saturated carbocycles. The standard InChI is InChI=1S/C23H38N2O7S3/c1-9-22(7,20(27)15(5)32-23(8,10-2)16(6)26)25-35(30,31)19-13-17-18(24-11-3)12-14(4)34(28,29)21(17)33-19/h13-15,18,24-25H,9-12H2,1-8H3/t14-,15+,18-,22?,23?/m0/s1. The van der Waals surface area contributed by atoms with Crippen LogP contribution in [0.3, 0.4) is 0 Å². The second-order valence-electron chi connectivity index (χ2n) is 9.57. The van der Waals surface area contributed by atoms with Gasteiger partial charge in [-0.15, -0.1) is 11.3 Å². The van der Waals surface area contributed by atoms with Crippen LogP contribution in [0.5, 0.6) is 0 Å². The number of fused-ring (bicyclic) bond motifs is 1. The topological polar surface area (TPSA) is 136 Å². The van der Waals surface area contributed by atoms with Crippen molar-refractivity contribution in [1.29, 1.82) is 0 Å². The third-order valence-electron chi connectivity index (χ3n) is 6.98. The SMILES string of the molecule is CCN[C@H]1C[C@H](C)S(=O)(=O)c2sc(S(=O)(=O)NC(C)(CC)C(=O)[C@@H](C)OC(C)(CC)C(C)=O)cc21. The Balaban J connectivity index is 2.42. The maximum Gasteiger partial charge on any atom is 0.251 e. The first-order chi connectivity index (χ1) is 16.0. The molecule has 2 unspecified atom stereocenters. The van der Waals surface area contributed by atoms with Crippen LogP contribution in [0.2, 0.25) is 0 Å². The van der Waals surface area contributed by atoms with Crippen LogP contribution in [0.1, 0.15) is 86.3 Å². The number of Topliss-reactive ketones (excluding diaryl/α,β-unsaturated/α-hetero) is 2. The van der Waals surface area contributed by atoms with Gasteiger partial charge in [-0.05, 0) is 66.5 Å². The molecule has 1 aliphatic heterocycles. The van der Waals surface area contributed by atoms with E-state index in [1.165, 1.54) is 26.8 Å². The molecule has 1 aliphatic rings. The summed E-state index contributed by atoms with van der Waals surface area (Å²) in [6.07, 6.45) is -0.219. The summed E-state index contributed by atoms with van der Waals surface area (Å²) in [6.45, 7) is 13.5. The molecule has 0 fully saturated rings. The van der Waals surface area contributed by atoms with Crippen LogP contribution in [0.15, 0.2) is 14.5 Å². The molecule has 2 rings (SSSR count). The van der Waals surface area contributed by atoms with E-state index in [0.29, 0.717) is 36.3 Å². The number of sulfonamides is 1. The summed E-state index contributed by atoms with van der Waals surface area (Å²) in [5.41, 5.74) is -2.25. The fourth-order valence-corrected chi connectivity index (χ4v) is 9.57. The third-order valence-corrected chi connectivity index (χ3v) is 13.0. The fourth-order valence-electron chi connectivity index (χ4n) is 4.12. The van der Waals surface area contributed by atoms with Gasteiger partial charge in [0.15, 0.2) is 21.4 Å². The Kier molecular flexibility index (Phi) is 9.16. The zero-order valence-electron chi connectivity index (χ0n) is 21.7. The number of carbonyl (C=O) groups is 2. The quantitative estimate of drug-likeness (QED) is 0.405. The summed E-state index contributed by atoms with van der Waals surface area (Å²) >= 11 is 0.706. The summed E-state index contributed by atoms with van der Waals surface area (Å²) in [5.74, 6) is -0.745. The first kappa shape index (κ1) is 30.0. The second kappa shape index (κ2) is 10.7. The minimum absolute atomic E-state index is 0.0453. The molecule has 35 heavy (non-hydrogen) atoms. The van der Waals surface area contributed by atoms with Crippen molar-refractivity contribution < 1.29 is 31.2 Å². The summed E-state index contributed by atoms with van der Waals surface area (Å²) in [6, 6.07) is 1.11. The van der Waals surface area contributed by atoms with E-state index in [1.807, 2.05) is 6.92 Å². The molecule has 1 aromatic heterocycles. The zero-order chi connectivity index (χ0) is 27.0. The fraction of sp³-hybridized carbons (Fsp3) is 0.739. The van der Waals surface area contributed by atoms with Gasteiger partial charge in [0.1, 0.15) is 20.1 Å². The lowest BCUT2D eigenvalue weighted by atomic mass is 9.90. The number of nitrogens with one attached hydrogen (secondary N) is 2. The van der Waals surface area contributed by atoms with Gasteiger partial charge >= 0.3 is 0 Å². The highest BCUT2D eigenvalue weighted by atomic mass is 32.3. The number of carbonyl (C=O) groups excluding carboxylic acids is 2. The monoisotopic (exact) mass is 550 g/mol. The Hall–Kier alpha value is -1.18. The minimum Gasteiger partial charge on any atom is -0.357 e. The van der Waals surface area contributed by atoms with E-state index in [9.17, 15) is 26.4 Å². The number of sulfone groups is 1. The Labute approximate surface area is 213 Å². The predicted molar refractivity (Wildman–Crippen MR) is 136 cm³/mol. The molecule has 2 heterocycles. The lowest BCUT2D eigenvalue weighted by Crippen LogP contribution is -2.56. The normalized spacial score (nSPS) is 24.1. The molecule has 200 valence electrons. The Morgan fingerprint density at radius 2 is 1.83 bits per heavy atom. The van der Waals surface area contributed by atoms with Gasteiger partial charge in [-0.25, -0.2) is 16.8 Å². The smallest absolute Gasteiger partial charge is 0.251 e. The van der Waals surface area contributed by atoms with E-state index in [-0.39, 0.29) is 26.7 Å². The van der Waals surface area contributed by atoms with Gasteiger partial charge in [-0.3, -0.25) is 9.59 Å². The molecule has 0 aliphatic carbocycles. The maximum absolute atomic E-state index is 13.4. The predicted octanol–water partition coefficient (Wildman–Crippen LogP) is 3.14. The molecule has 12 heteroatoms. The van der Waals surface area contributed by atoms with E-state index in [1.54, 1.807) is 27.7 Å². The first-order valence-electron chi connectivity index (χ1n) is 11.9. The van der Waals surface area contributed by atoms with E-state index in [0.717, 1.165) is 0 Å². The van der Waals surface area contributed by atoms with Crippen molar-refractivity contribution in [3.8, 4) is 0 Å². The summed E-state index contributed by atoms with van der Waals surface area (Å²) < 4.78 is 60.8.